The van der Waals surface area contributed by atoms with E-state index in [4.69, 9.17) is 4.52 Å². The third kappa shape index (κ3) is 2.04. The summed E-state index contributed by atoms with van der Waals surface area (Å²) in [5.41, 5.74) is 2.83. The van der Waals surface area contributed by atoms with Crippen molar-refractivity contribution < 1.29 is 4.52 Å². The lowest BCUT2D eigenvalue weighted by atomic mass is 10.3. The van der Waals surface area contributed by atoms with Crippen LogP contribution in [0.25, 0.3) is 5.65 Å². The van der Waals surface area contributed by atoms with Crippen molar-refractivity contribution in [2.24, 2.45) is 0 Å². The van der Waals surface area contributed by atoms with Gasteiger partial charge in [0.05, 0.1) is 12.2 Å². The number of fused-ring (bicyclic) bond motifs is 1. The fraction of sp³-hybridized carbons (Fsp3) is 0.250. The maximum absolute atomic E-state index is 5.10. The lowest BCUT2D eigenvalue weighted by molar-refractivity contribution is 0.384. The molecule has 0 aromatic carbocycles. The van der Waals surface area contributed by atoms with Crippen LogP contribution in [-0.4, -0.2) is 19.8 Å². The zero-order valence-electron chi connectivity index (χ0n) is 10.2. The molecule has 6 heteroatoms. The number of rotatable bonds is 3. The Hall–Kier alpha value is -2.37. The van der Waals surface area contributed by atoms with Crippen molar-refractivity contribution in [1.82, 2.24) is 19.8 Å². The fourth-order valence-corrected chi connectivity index (χ4v) is 1.73. The van der Waals surface area contributed by atoms with E-state index in [1.165, 1.54) is 0 Å². The fourth-order valence-electron chi connectivity index (χ4n) is 1.73. The molecular weight excluding hydrogens is 230 g/mol. The topological polar surface area (TPSA) is 68.2 Å². The number of aromatic nitrogens is 4. The van der Waals surface area contributed by atoms with E-state index < -0.39 is 0 Å². The number of nitrogens with zero attached hydrogens (tertiary/aromatic N) is 4. The van der Waals surface area contributed by atoms with E-state index in [1.807, 2.05) is 38.2 Å². The van der Waals surface area contributed by atoms with E-state index in [9.17, 15) is 0 Å². The van der Waals surface area contributed by atoms with E-state index in [2.05, 4.69) is 20.6 Å². The molecule has 92 valence electrons. The van der Waals surface area contributed by atoms with Crippen LogP contribution in [0.1, 0.15) is 17.0 Å². The SMILES string of the molecule is Cc1ccc2nc(NCc3cc(C)no3)nn2c1. The normalized spacial score (nSPS) is 11.0. The molecule has 0 saturated carbocycles. The molecule has 6 nitrogen and oxygen atoms in total. The van der Waals surface area contributed by atoms with Crippen LogP contribution in [0.2, 0.25) is 0 Å². The van der Waals surface area contributed by atoms with Crippen LogP contribution in [0.5, 0.6) is 0 Å². The molecule has 0 bridgehead atoms. The van der Waals surface area contributed by atoms with Gasteiger partial charge in [0, 0.05) is 12.3 Å². The lowest BCUT2D eigenvalue weighted by Crippen LogP contribution is -2.00. The monoisotopic (exact) mass is 243 g/mol. The van der Waals surface area contributed by atoms with Crippen molar-refractivity contribution in [1.29, 1.82) is 0 Å². The largest absolute Gasteiger partial charge is 0.359 e. The highest BCUT2D eigenvalue weighted by atomic mass is 16.5. The van der Waals surface area contributed by atoms with E-state index >= 15 is 0 Å². The van der Waals surface area contributed by atoms with Gasteiger partial charge in [-0.05, 0) is 25.5 Å². The molecule has 0 amide bonds. The summed E-state index contributed by atoms with van der Waals surface area (Å²) < 4.78 is 6.86. The van der Waals surface area contributed by atoms with Gasteiger partial charge in [0.15, 0.2) is 11.4 Å². The molecule has 0 saturated heterocycles. The molecule has 0 atom stereocenters. The Morgan fingerprint density at radius 3 is 3.00 bits per heavy atom. The standard InChI is InChI=1S/C12H13N5O/c1-8-3-4-11-14-12(15-17(11)7-8)13-6-10-5-9(2)16-18-10/h3-5,7H,6H2,1-2H3,(H,13,15). The smallest absolute Gasteiger partial charge is 0.243 e. The predicted octanol–water partition coefficient (Wildman–Crippen LogP) is 1.95. The molecule has 3 aromatic rings. The summed E-state index contributed by atoms with van der Waals surface area (Å²) in [5.74, 6) is 1.34. The van der Waals surface area contributed by atoms with Crippen molar-refractivity contribution in [2.75, 3.05) is 5.32 Å². The second-order valence-electron chi connectivity index (χ2n) is 4.23. The van der Waals surface area contributed by atoms with Gasteiger partial charge in [0.2, 0.25) is 5.95 Å². The summed E-state index contributed by atoms with van der Waals surface area (Å²) in [6.07, 6.45) is 1.94. The molecule has 0 aliphatic rings. The summed E-state index contributed by atoms with van der Waals surface area (Å²) in [5, 5.41) is 11.3. The minimum absolute atomic E-state index is 0.525. The number of nitrogens with one attached hydrogen (secondary N) is 1. The Bertz CT molecular complexity index is 685. The molecule has 0 unspecified atom stereocenters. The first-order chi connectivity index (χ1) is 8.70. The third-order valence-electron chi connectivity index (χ3n) is 2.58. The van der Waals surface area contributed by atoms with Crippen LogP contribution in [-0.2, 0) is 6.54 Å². The van der Waals surface area contributed by atoms with E-state index in [-0.39, 0.29) is 0 Å². The Labute approximate surface area is 104 Å². The molecule has 0 fully saturated rings. The third-order valence-corrected chi connectivity index (χ3v) is 2.58. The second-order valence-corrected chi connectivity index (χ2v) is 4.23. The number of hydrogen-bond donors (Lipinski definition) is 1. The van der Waals surface area contributed by atoms with Gasteiger partial charge in [-0.2, -0.15) is 4.98 Å². The first kappa shape index (κ1) is 10.8. The molecule has 18 heavy (non-hydrogen) atoms. The summed E-state index contributed by atoms with van der Waals surface area (Å²) in [6.45, 7) is 4.43. The Kier molecular flexibility index (Phi) is 2.47. The van der Waals surface area contributed by atoms with Crippen molar-refractivity contribution in [3.05, 3.63) is 41.4 Å². The molecule has 0 spiro atoms. The maximum Gasteiger partial charge on any atom is 0.243 e. The summed E-state index contributed by atoms with van der Waals surface area (Å²) in [6, 6.07) is 5.83. The van der Waals surface area contributed by atoms with Gasteiger partial charge in [-0.15, -0.1) is 5.10 Å². The van der Waals surface area contributed by atoms with Crippen molar-refractivity contribution in [2.45, 2.75) is 20.4 Å². The van der Waals surface area contributed by atoms with Crippen LogP contribution < -0.4 is 5.32 Å². The van der Waals surface area contributed by atoms with E-state index in [0.29, 0.717) is 12.5 Å². The van der Waals surface area contributed by atoms with Gasteiger partial charge < -0.3 is 9.84 Å². The predicted molar refractivity (Wildman–Crippen MR) is 66.3 cm³/mol. The van der Waals surface area contributed by atoms with Crippen LogP contribution in [0.4, 0.5) is 5.95 Å². The molecular formula is C12H13N5O. The highest BCUT2D eigenvalue weighted by molar-refractivity contribution is 5.44. The highest BCUT2D eigenvalue weighted by Gasteiger charge is 2.05. The summed E-state index contributed by atoms with van der Waals surface area (Å²) >= 11 is 0. The van der Waals surface area contributed by atoms with E-state index in [0.717, 1.165) is 22.7 Å². The number of anilines is 1. The van der Waals surface area contributed by atoms with E-state index in [1.54, 1.807) is 4.52 Å². The Balaban J connectivity index is 1.78. The van der Waals surface area contributed by atoms with Crippen LogP contribution in [0.3, 0.4) is 0 Å². The number of pyridine rings is 1. The van der Waals surface area contributed by atoms with Crippen LogP contribution >= 0.6 is 0 Å². The van der Waals surface area contributed by atoms with Crippen LogP contribution in [0.15, 0.2) is 28.9 Å². The van der Waals surface area contributed by atoms with Crippen molar-refractivity contribution in [3.8, 4) is 0 Å². The molecule has 1 N–H and O–H groups in total. The zero-order valence-corrected chi connectivity index (χ0v) is 10.2. The summed E-state index contributed by atoms with van der Waals surface area (Å²) in [4.78, 5) is 4.35. The molecule has 0 aliphatic heterocycles. The lowest BCUT2D eigenvalue weighted by Gasteiger charge is -1.95. The molecule has 3 heterocycles. The van der Waals surface area contributed by atoms with Gasteiger partial charge in [-0.1, -0.05) is 11.2 Å². The number of aryl methyl sites for hydroxylation is 2. The molecule has 3 aromatic heterocycles. The van der Waals surface area contributed by atoms with Gasteiger partial charge in [0.25, 0.3) is 0 Å². The number of hydrogen-bond acceptors (Lipinski definition) is 5. The van der Waals surface area contributed by atoms with Gasteiger partial charge in [-0.25, -0.2) is 4.52 Å². The molecule has 0 aliphatic carbocycles. The summed E-state index contributed by atoms with van der Waals surface area (Å²) in [7, 11) is 0. The van der Waals surface area contributed by atoms with Gasteiger partial charge in [-0.3, -0.25) is 0 Å². The average molecular weight is 243 g/mol. The maximum atomic E-state index is 5.10. The minimum atomic E-state index is 0.525. The van der Waals surface area contributed by atoms with Crippen molar-refractivity contribution >= 4 is 11.6 Å². The minimum Gasteiger partial charge on any atom is -0.359 e. The Morgan fingerprint density at radius 1 is 1.33 bits per heavy atom. The first-order valence-electron chi connectivity index (χ1n) is 5.70. The molecule has 0 radical (unpaired) electrons. The van der Waals surface area contributed by atoms with Gasteiger partial charge in [0.1, 0.15) is 0 Å². The second kappa shape index (κ2) is 4.14. The Morgan fingerprint density at radius 2 is 2.22 bits per heavy atom. The highest BCUT2D eigenvalue weighted by Crippen LogP contribution is 2.09. The van der Waals surface area contributed by atoms with Crippen molar-refractivity contribution in [3.63, 3.8) is 0 Å². The average Bonchev–Trinajstić information content (AvgIpc) is 2.92. The zero-order chi connectivity index (χ0) is 12.5. The quantitative estimate of drug-likeness (QED) is 0.761. The van der Waals surface area contributed by atoms with Gasteiger partial charge >= 0.3 is 0 Å². The first-order valence-corrected chi connectivity index (χ1v) is 5.70. The van der Waals surface area contributed by atoms with Crippen LogP contribution in [0, 0.1) is 13.8 Å². The molecule has 3 rings (SSSR count).